The maximum absolute atomic E-state index is 14.1. The summed E-state index contributed by atoms with van der Waals surface area (Å²) in [5.74, 6) is -0.0765. The van der Waals surface area contributed by atoms with Crippen LogP contribution in [-0.2, 0) is 12.8 Å². The van der Waals surface area contributed by atoms with Gasteiger partial charge in [-0.15, -0.1) is 0 Å². The molecule has 1 aromatic rings. The van der Waals surface area contributed by atoms with Gasteiger partial charge >= 0.3 is 0 Å². The molecule has 0 aromatic heterocycles. The Balaban J connectivity index is 3.05. The van der Waals surface area contributed by atoms with E-state index in [-0.39, 0.29) is 16.6 Å². The Hall–Kier alpha value is -0.370. The molecule has 2 heteroatoms. The van der Waals surface area contributed by atoms with E-state index in [4.69, 9.17) is 0 Å². The summed E-state index contributed by atoms with van der Waals surface area (Å²) < 4.78 is 15.1. The van der Waals surface area contributed by atoms with Gasteiger partial charge in [-0.05, 0) is 46.9 Å². The van der Waals surface area contributed by atoms with E-state index in [2.05, 4.69) is 57.5 Å². The largest absolute Gasteiger partial charge is 0.207 e. The maximum atomic E-state index is 14.1. The molecule has 1 rings (SSSR count). The first-order chi connectivity index (χ1) is 7.98. The van der Waals surface area contributed by atoms with Crippen LogP contribution in [-0.4, -0.2) is 0 Å². The summed E-state index contributed by atoms with van der Waals surface area (Å²) in [5.41, 5.74) is 2.12. The first kappa shape index (κ1) is 15.7. The predicted molar refractivity (Wildman–Crippen MR) is 80.4 cm³/mol. The molecule has 0 amide bonds. The Labute approximate surface area is 119 Å². The molecule has 18 heavy (non-hydrogen) atoms. The summed E-state index contributed by atoms with van der Waals surface area (Å²) in [4.78, 5) is 0. The van der Waals surface area contributed by atoms with Crippen molar-refractivity contribution in [3.05, 3.63) is 33.5 Å². The average Bonchev–Trinajstić information content (AvgIpc) is 2.08. The molecule has 0 bridgehead atoms. The van der Waals surface area contributed by atoms with Crippen molar-refractivity contribution in [2.24, 2.45) is 10.8 Å². The molecule has 1 aromatic carbocycles. The van der Waals surface area contributed by atoms with Crippen molar-refractivity contribution in [2.75, 3.05) is 0 Å². The van der Waals surface area contributed by atoms with Gasteiger partial charge in [0, 0.05) is 4.47 Å². The van der Waals surface area contributed by atoms with Crippen molar-refractivity contribution in [2.45, 2.75) is 54.4 Å². The zero-order valence-electron chi connectivity index (χ0n) is 12.3. The molecule has 0 aliphatic heterocycles. The molecule has 0 nitrogen and oxygen atoms in total. The first-order valence-electron chi connectivity index (χ1n) is 6.45. The van der Waals surface area contributed by atoms with E-state index in [1.807, 2.05) is 6.07 Å². The molecule has 0 atom stereocenters. The van der Waals surface area contributed by atoms with Gasteiger partial charge in [-0.2, -0.15) is 0 Å². The van der Waals surface area contributed by atoms with Crippen LogP contribution in [0.25, 0.3) is 0 Å². The Morgan fingerprint density at radius 1 is 0.889 bits per heavy atom. The lowest BCUT2D eigenvalue weighted by Crippen LogP contribution is -2.13. The van der Waals surface area contributed by atoms with Gasteiger partial charge in [0.1, 0.15) is 5.82 Å². The van der Waals surface area contributed by atoms with Crippen LogP contribution < -0.4 is 0 Å². The van der Waals surface area contributed by atoms with Gasteiger partial charge in [-0.25, -0.2) is 4.39 Å². The summed E-state index contributed by atoms with van der Waals surface area (Å²) in [5, 5.41) is 0. The fourth-order valence-corrected chi connectivity index (χ4v) is 2.57. The van der Waals surface area contributed by atoms with Crippen molar-refractivity contribution in [1.82, 2.24) is 0 Å². The van der Waals surface area contributed by atoms with Crippen molar-refractivity contribution in [3.8, 4) is 0 Å². The van der Waals surface area contributed by atoms with Crippen LogP contribution in [0.15, 0.2) is 16.6 Å². The van der Waals surface area contributed by atoms with Gasteiger partial charge < -0.3 is 0 Å². The molecule has 0 saturated heterocycles. The maximum Gasteiger partial charge on any atom is 0.126 e. The van der Waals surface area contributed by atoms with E-state index in [0.29, 0.717) is 0 Å². The van der Waals surface area contributed by atoms with E-state index < -0.39 is 0 Å². The second kappa shape index (κ2) is 5.32. The fourth-order valence-electron chi connectivity index (χ4n) is 2.04. The molecule has 0 N–H and O–H groups in total. The molecule has 0 unspecified atom stereocenters. The Morgan fingerprint density at radius 3 is 1.78 bits per heavy atom. The summed E-state index contributed by atoms with van der Waals surface area (Å²) >= 11 is 3.57. The highest BCUT2D eigenvalue weighted by atomic mass is 79.9. The van der Waals surface area contributed by atoms with Crippen LogP contribution in [0.3, 0.4) is 0 Å². The fraction of sp³-hybridized carbons (Fsp3) is 0.625. The number of hydrogen-bond acceptors (Lipinski definition) is 0. The monoisotopic (exact) mass is 314 g/mol. The molecule has 102 valence electrons. The number of benzene rings is 1. The van der Waals surface area contributed by atoms with Crippen LogP contribution in [0.1, 0.15) is 52.7 Å². The standard InChI is InChI=1S/C16H24BrF/c1-15(2,3)9-11-8-14(18)12(7-13(11)17)10-16(4,5)6/h7-8H,9-10H2,1-6H3. The lowest BCUT2D eigenvalue weighted by Gasteiger charge is -2.22. The number of halogens is 2. The van der Waals surface area contributed by atoms with Crippen molar-refractivity contribution in [3.63, 3.8) is 0 Å². The van der Waals surface area contributed by atoms with E-state index in [1.54, 1.807) is 6.07 Å². The molecule has 0 spiro atoms. The van der Waals surface area contributed by atoms with Gasteiger partial charge in [0.05, 0.1) is 0 Å². The second-order valence-electron chi connectivity index (χ2n) is 7.51. The Bertz CT molecular complexity index is 380. The minimum Gasteiger partial charge on any atom is -0.207 e. The van der Waals surface area contributed by atoms with E-state index in [9.17, 15) is 4.39 Å². The molecular formula is C16H24BrF. The van der Waals surface area contributed by atoms with E-state index in [0.717, 1.165) is 28.4 Å². The third-order valence-electron chi connectivity index (χ3n) is 2.66. The quantitative estimate of drug-likeness (QED) is 0.650. The molecule has 0 aliphatic rings. The second-order valence-corrected chi connectivity index (χ2v) is 8.36. The zero-order valence-corrected chi connectivity index (χ0v) is 13.9. The molecule has 0 fully saturated rings. The molecule has 0 aliphatic carbocycles. The van der Waals surface area contributed by atoms with Crippen molar-refractivity contribution in [1.29, 1.82) is 0 Å². The summed E-state index contributed by atoms with van der Waals surface area (Å²) in [6.45, 7) is 12.9. The normalized spacial score (nSPS) is 12.9. The van der Waals surface area contributed by atoms with Crippen molar-refractivity contribution >= 4 is 15.9 Å². The van der Waals surface area contributed by atoms with Gasteiger partial charge in [0.2, 0.25) is 0 Å². The van der Waals surface area contributed by atoms with Gasteiger partial charge in [-0.1, -0.05) is 57.5 Å². The lowest BCUT2D eigenvalue weighted by molar-refractivity contribution is 0.398. The SMILES string of the molecule is CC(C)(C)Cc1cc(Br)c(CC(C)(C)C)cc1F. The summed E-state index contributed by atoms with van der Waals surface area (Å²) in [7, 11) is 0. The Morgan fingerprint density at radius 2 is 1.33 bits per heavy atom. The van der Waals surface area contributed by atoms with Gasteiger partial charge in [0.25, 0.3) is 0 Å². The van der Waals surface area contributed by atoms with Crippen LogP contribution in [0.5, 0.6) is 0 Å². The minimum atomic E-state index is -0.0765. The van der Waals surface area contributed by atoms with Gasteiger partial charge in [-0.3, -0.25) is 0 Å². The highest BCUT2D eigenvalue weighted by molar-refractivity contribution is 9.10. The van der Waals surface area contributed by atoms with Crippen LogP contribution in [0.4, 0.5) is 4.39 Å². The third kappa shape index (κ3) is 5.09. The summed E-state index contributed by atoms with van der Waals surface area (Å²) in [6.07, 6.45) is 1.63. The molecule has 0 heterocycles. The van der Waals surface area contributed by atoms with Crippen LogP contribution in [0, 0.1) is 16.6 Å². The topological polar surface area (TPSA) is 0 Å². The van der Waals surface area contributed by atoms with E-state index in [1.165, 1.54) is 0 Å². The summed E-state index contributed by atoms with van der Waals surface area (Å²) in [6, 6.07) is 3.64. The highest BCUT2D eigenvalue weighted by Gasteiger charge is 2.18. The van der Waals surface area contributed by atoms with Crippen LogP contribution in [0.2, 0.25) is 0 Å². The van der Waals surface area contributed by atoms with Crippen molar-refractivity contribution < 1.29 is 4.39 Å². The number of hydrogen-bond donors (Lipinski definition) is 0. The smallest absolute Gasteiger partial charge is 0.126 e. The zero-order chi connectivity index (χ0) is 14.1. The highest BCUT2D eigenvalue weighted by Crippen LogP contribution is 2.31. The first-order valence-corrected chi connectivity index (χ1v) is 7.24. The van der Waals surface area contributed by atoms with Gasteiger partial charge in [0.15, 0.2) is 0 Å². The minimum absolute atomic E-state index is 0.0765. The third-order valence-corrected chi connectivity index (χ3v) is 3.40. The molecular weight excluding hydrogens is 291 g/mol. The molecule has 0 saturated carbocycles. The van der Waals surface area contributed by atoms with Crippen LogP contribution >= 0.6 is 15.9 Å². The number of rotatable bonds is 2. The molecule has 0 radical (unpaired) electrons. The predicted octanol–water partition coefficient (Wildman–Crippen LogP) is 5.77. The Kier molecular flexibility index (Phi) is 4.64. The average molecular weight is 315 g/mol. The lowest BCUT2D eigenvalue weighted by atomic mass is 9.85. The van der Waals surface area contributed by atoms with E-state index >= 15 is 0 Å².